The van der Waals surface area contributed by atoms with Crippen molar-refractivity contribution in [2.75, 3.05) is 44.6 Å². The molecule has 3 amide bonds. The van der Waals surface area contributed by atoms with Gasteiger partial charge in [0.2, 0.25) is 5.91 Å². The molecule has 1 saturated heterocycles. The number of anilines is 1. The minimum absolute atomic E-state index is 0.0913. The lowest BCUT2D eigenvalue weighted by molar-refractivity contribution is -0.117. The van der Waals surface area contributed by atoms with E-state index in [1.165, 1.54) is 24.3 Å². The molecule has 2 heterocycles. The number of piperazine rings is 1. The van der Waals surface area contributed by atoms with Gasteiger partial charge >= 0.3 is 6.03 Å². The fraction of sp³-hybridized carbons (Fsp3) is 0.350. The molecule has 0 radical (unpaired) electrons. The first-order valence-electron chi connectivity index (χ1n) is 9.30. The average molecular weight is 385 g/mol. The molecule has 0 saturated carbocycles. The number of aromatic nitrogens is 1. The third-order valence-electron chi connectivity index (χ3n) is 4.54. The van der Waals surface area contributed by atoms with Gasteiger partial charge in [0, 0.05) is 56.7 Å². The lowest BCUT2D eigenvalue weighted by Crippen LogP contribution is -2.53. The van der Waals surface area contributed by atoms with Crippen molar-refractivity contribution in [3.8, 4) is 0 Å². The summed E-state index contributed by atoms with van der Waals surface area (Å²) in [5.74, 6) is -0.493. The highest BCUT2D eigenvalue weighted by molar-refractivity contribution is 5.92. The van der Waals surface area contributed by atoms with E-state index in [2.05, 4.69) is 15.6 Å². The summed E-state index contributed by atoms with van der Waals surface area (Å²) in [5.41, 5.74) is 1.51. The van der Waals surface area contributed by atoms with Crippen LogP contribution in [0.15, 0.2) is 48.7 Å². The zero-order valence-electron chi connectivity index (χ0n) is 15.6. The first kappa shape index (κ1) is 19.8. The SMILES string of the molecule is O=C(CN1CCN(C(=O)NCCc2ccccn2)CC1)Nc1ccc(F)cc1. The van der Waals surface area contributed by atoms with Crippen LogP contribution in [0, 0.1) is 5.82 Å². The van der Waals surface area contributed by atoms with Crippen LogP contribution in [0.25, 0.3) is 0 Å². The zero-order valence-corrected chi connectivity index (χ0v) is 15.6. The number of hydrogen-bond acceptors (Lipinski definition) is 4. The molecule has 1 aliphatic rings. The predicted octanol–water partition coefficient (Wildman–Crippen LogP) is 1.73. The van der Waals surface area contributed by atoms with E-state index in [0.717, 1.165) is 5.69 Å². The molecule has 2 aromatic rings. The Labute approximate surface area is 163 Å². The monoisotopic (exact) mass is 385 g/mol. The van der Waals surface area contributed by atoms with Crippen LogP contribution in [0.5, 0.6) is 0 Å². The Bertz CT molecular complexity index is 777. The van der Waals surface area contributed by atoms with Gasteiger partial charge in [-0.25, -0.2) is 9.18 Å². The number of carbonyl (C=O) groups is 2. The smallest absolute Gasteiger partial charge is 0.317 e. The number of pyridine rings is 1. The van der Waals surface area contributed by atoms with Crippen LogP contribution >= 0.6 is 0 Å². The molecule has 1 fully saturated rings. The Balaban J connectivity index is 1.34. The van der Waals surface area contributed by atoms with E-state index in [0.29, 0.717) is 44.8 Å². The molecule has 8 heteroatoms. The summed E-state index contributed by atoms with van der Waals surface area (Å²) in [4.78, 5) is 32.3. The van der Waals surface area contributed by atoms with Gasteiger partial charge in [0.25, 0.3) is 0 Å². The maximum absolute atomic E-state index is 12.9. The minimum Gasteiger partial charge on any atom is -0.338 e. The van der Waals surface area contributed by atoms with E-state index in [1.54, 1.807) is 11.1 Å². The van der Waals surface area contributed by atoms with Gasteiger partial charge in [0.15, 0.2) is 0 Å². The van der Waals surface area contributed by atoms with Crippen LogP contribution in [0.3, 0.4) is 0 Å². The van der Waals surface area contributed by atoms with Gasteiger partial charge in [-0.1, -0.05) is 6.07 Å². The molecule has 7 nitrogen and oxygen atoms in total. The highest BCUT2D eigenvalue weighted by Gasteiger charge is 2.22. The molecular formula is C20H24FN5O2. The van der Waals surface area contributed by atoms with Gasteiger partial charge in [0.05, 0.1) is 6.54 Å². The first-order chi connectivity index (χ1) is 13.6. The summed E-state index contributed by atoms with van der Waals surface area (Å²) < 4.78 is 12.9. The second-order valence-electron chi connectivity index (χ2n) is 6.62. The van der Waals surface area contributed by atoms with Gasteiger partial charge in [-0.2, -0.15) is 0 Å². The quantitative estimate of drug-likeness (QED) is 0.794. The fourth-order valence-corrected chi connectivity index (χ4v) is 3.00. The second-order valence-corrected chi connectivity index (χ2v) is 6.62. The summed E-state index contributed by atoms with van der Waals surface area (Å²) in [6.07, 6.45) is 2.43. The molecule has 148 valence electrons. The zero-order chi connectivity index (χ0) is 19.8. The van der Waals surface area contributed by atoms with Crippen LogP contribution in [0.2, 0.25) is 0 Å². The van der Waals surface area contributed by atoms with E-state index in [1.807, 2.05) is 23.1 Å². The molecule has 28 heavy (non-hydrogen) atoms. The van der Waals surface area contributed by atoms with Crippen molar-refractivity contribution in [3.05, 3.63) is 60.2 Å². The maximum Gasteiger partial charge on any atom is 0.317 e. The Morgan fingerprint density at radius 1 is 1.04 bits per heavy atom. The summed E-state index contributed by atoms with van der Waals surface area (Å²) >= 11 is 0. The van der Waals surface area contributed by atoms with Gasteiger partial charge in [-0.3, -0.25) is 14.7 Å². The third kappa shape index (κ3) is 6.02. The number of urea groups is 1. The van der Waals surface area contributed by atoms with Crippen molar-refractivity contribution in [2.24, 2.45) is 0 Å². The minimum atomic E-state index is -0.340. The average Bonchev–Trinajstić information content (AvgIpc) is 2.71. The van der Waals surface area contributed by atoms with Crippen molar-refractivity contribution < 1.29 is 14.0 Å². The van der Waals surface area contributed by atoms with Crippen molar-refractivity contribution in [1.82, 2.24) is 20.1 Å². The molecule has 1 aliphatic heterocycles. The van der Waals surface area contributed by atoms with Crippen LogP contribution < -0.4 is 10.6 Å². The van der Waals surface area contributed by atoms with Crippen LogP contribution in [0.1, 0.15) is 5.69 Å². The van der Waals surface area contributed by atoms with E-state index in [4.69, 9.17) is 0 Å². The lowest BCUT2D eigenvalue weighted by Gasteiger charge is -2.34. The van der Waals surface area contributed by atoms with Crippen LogP contribution in [-0.2, 0) is 11.2 Å². The van der Waals surface area contributed by atoms with Crippen molar-refractivity contribution in [3.63, 3.8) is 0 Å². The number of nitrogens with one attached hydrogen (secondary N) is 2. The topological polar surface area (TPSA) is 77.6 Å². The Morgan fingerprint density at radius 3 is 2.46 bits per heavy atom. The van der Waals surface area contributed by atoms with Gasteiger partial charge in [-0.15, -0.1) is 0 Å². The third-order valence-corrected chi connectivity index (χ3v) is 4.54. The molecule has 1 aromatic carbocycles. The van der Waals surface area contributed by atoms with Gasteiger partial charge in [0.1, 0.15) is 5.82 Å². The van der Waals surface area contributed by atoms with E-state index < -0.39 is 0 Å². The molecule has 0 spiro atoms. The normalized spacial score (nSPS) is 14.5. The molecule has 0 aliphatic carbocycles. The molecule has 1 aromatic heterocycles. The predicted molar refractivity (Wildman–Crippen MR) is 104 cm³/mol. The summed E-state index contributed by atoms with van der Waals surface area (Å²) in [5, 5.41) is 5.66. The molecular weight excluding hydrogens is 361 g/mol. The first-order valence-corrected chi connectivity index (χ1v) is 9.30. The van der Waals surface area contributed by atoms with Gasteiger partial charge in [-0.05, 0) is 36.4 Å². The van der Waals surface area contributed by atoms with Crippen LogP contribution in [-0.4, -0.2) is 66.0 Å². The van der Waals surface area contributed by atoms with E-state index >= 15 is 0 Å². The van der Waals surface area contributed by atoms with E-state index in [-0.39, 0.29) is 24.3 Å². The Kier molecular flexibility index (Phi) is 6.91. The van der Waals surface area contributed by atoms with Crippen molar-refractivity contribution >= 4 is 17.6 Å². The summed E-state index contributed by atoms with van der Waals surface area (Å²) in [6.45, 7) is 3.18. The number of benzene rings is 1. The number of halogens is 1. The molecule has 3 rings (SSSR count). The van der Waals surface area contributed by atoms with Crippen molar-refractivity contribution in [2.45, 2.75) is 6.42 Å². The number of carbonyl (C=O) groups excluding carboxylic acids is 2. The number of amides is 3. The van der Waals surface area contributed by atoms with Crippen molar-refractivity contribution in [1.29, 1.82) is 0 Å². The summed E-state index contributed by atoms with van der Waals surface area (Å²) in [6, 6.07) is 11.3. The van der Waals surface area contributed by atoms with E-state index in [9.17, 15) is 14.0 Å². The highest BCUT2D eigenvalue weighted by atomic mass is 19.1. The highest BCUT2D eigenvalue weighted by Crippen LogP contribution is 2.09. The van der Waals surface area contributed by atoms with Gasteiger partial charge < -0.3 is 15.5 Å². The Morgan fingerprint density at radius 2 is 1.79 bits per heavy atom. The molecule has 0 atom stereocenters. The summed E-state index contributed by atoms with van der Waals surface area (Å²) in [7, 11) is 0. The molecule has 2 N–H and O–H groups in total. The number of hydrogen-bond donors (Lipinski definition) is 2. The lowest BCUT2D eigenvalue weighted by atomic mass is 10.2. The number of rotatable bonds is 6. The number of nitrogens with zero attached hydrogens (tertiary/aromatic N) is 3. The second kappa shape index (κ2) is 9.80. The standard InChI is InChI=1S/C20H24FN5O2/c21-16-4-6-18(7-5-16)24-19(27)15-25-11-13-26(14-12-25)20(28)23-10-8-17-3-1-2-9-22-17/h1-7,9H,8,10-15H2,(H,23,28)(H,24,27). The molecule has 0 bridgehead atoms. The fourth-order valence-electron chi connectivity index (χ4n) is 3.00. The molecule has 0 unspecified atom stereocenters. The maximum atomic E-state index is 12.9. The largest absolute Gasteiger partial charge is 0.338 e. The Hall–Kier alpha value is -3.00. The van der Waals surface area contributed by atoms with Crippen LogP contribution in [0.4, 0.5) is 14.9 Å².